The number of carbonyl (C=O) groups is 2. The molecule has 0 radical (unpaired) electrons. The van der Waals surface area contributed by atoms with Crippen LogP contribution in [-0.2, 0) is 20.7 Å². The van der Waals surface area contributed by atoms with E-state index in [1.165, 1.54) is 24.9 Å². The Hall–Kier alpha value is -2.77. The van der Waals surface area contributed by atoms with Gasteiger partial charge in [-0.25, -0.2) is 4.98 Å². The summed E-state index contributed by atoms with van der Waals surface area (Å²) in [7, 11) is 1.25. The van der Waals surface area contributed by atoms with Gasteiger partial charge in [-0.05, 0) is 12.1 Å². The van der Waals surface area contributed by atoms with Crippen LogP contribution in [0.5, 0.6) is 0 Å². The molecular formula is C17H16N4O4S2. The Bertz CT molecular complexity index is 924. The first kappa shape index (κ1) is 20.5. The van der Waals surface area contributed by atoms with E-state index in [2.05, 4.69) is 20.0 Å². The first-order valence-electron chi connectivity index (χ1n) is 7.70. The molecular weight excluding hydrogens is 388 g/mol. The predicted octanol–water partition coefficient (Wildman–Crippen LogP) is 1.83. The normalized spacial score (nSPS) is 10.1. The second-order valence-electron chi connectivity index (χ2n) is 5.07. The van der Waals surface area contributed by atoms with Crippen LogP contribution in [0.2, 0.25) is 0 Å². The fourth-order valence-electron chi connectivity index (χ4n) is 1.99. The van der Waals surface area contributed by atoms with Crippen LogP contribution in [0.15, 0.2) is 45.2 Å². The maximum Gasteiger partial charge on any atom is 0.311 e. The Labute approximate surface area is 163 Å². The molecule has 0 atom stereocenters. The van der Waals surface area contributed by atoms with Crippen molar-refractivity contribution in [2.24, 2.45) is 0 Å². The van der Waals surface area contributed by atoms with E-state index >= 15 is 0 Å². The number of hydrogen-bond donors (Lipinski definition) is 2. The number of hydrogen-bond acceptors (Lipinski definition) is 8. The summed E-state index contributed by atoms with van der Waals surface area (Å²) < 4.78 is 4.55. The highest BCUT2D eigenvalue weighted by Crippen LogP contribution is 2.26. The van der Waals surface area contributed by atoms with E-state index in [4.69, 9.17) is 5.26 Å². The monoisotopic (exact) mass is 404 g/mol. The summed E-state index contributed by atoms with van der Waals surface area (Å²) in [6, 6.07) is 10.4. The van der Waals surface area contributed by atoms with Gasteiger partial charge >= 0.3 is 5.97 Å². The van der Waals surface area contributed by atoms with Crippen molar-refractivity contribution in [2.45, 2.75) is 16.5 Å². The average molecular weight is 404 g/mol. The number of H-pyrrole nitrogens is 1. The highest BCUT2D eigenvalue weighted by molar-refractivity contribution is 8.00. The van der Waals surface area contributed by atoms with Crippen LogP contribution >= 0.6 is 23.5 Å². The van der Waals surface area contributed by atoms with E-state index in [1.54, 1.807) is 12.1 Å². The van der Waals surface area contributed by atoms with Crippen molar-refractivity contribution >= 4 is 41.1 Å². The zero-order chi connectivity index (χ0) is 19.6. The molecule has 8 nitrogen and oxygen atoms in total. The van der Waals surface area contributed by atoms with Gasteiger partial charge in [0.1, 0.15) is 0 Å². The van der Waals surface area contributed by atoms with Gasteiger partial charge in [0.2, 0.25) is 5.91 Å². The number of nitriles is 1. The number of ether oxygens (including phenoxy) is 1. The number of aromatic nitrogens is 2. The zero-order valence-electron chi connectivity index (χ0n) is 14.4. The third-order valence-corrected chi connectivity index (χ3v) is 4.93. The first-order valence-corrected chi connectivity index (χ1v) is 9.67. The number of amides is 1. The van der Waals surface area contributed by atoms with Gasteiger partial charge in [0, 0.05) is 11.0 Å². The molecule has 0 spiro atoms. The average Bonchev–Trinajstić information content (AvgIpc) is 2.65. The SMILES string of the molecule is COC(=O)Cc1cc(=O)[nH]c(SCC(=O)Nc2ccccc2SCC#N)n1. The summed E-state index contributed by atoms with van der Waals surface area (Å²) in [6.07, 6.45) is -0.121. The Morgan fingerprint density at radius 1 is 1.33 bits per heavy atom. The Kier molecular flexibility index (Phi) is 7.91. The Morgan fingerprint density at radius 2 is 2.11 bits per heavy atom. The molecule has 1 aromatic heterocycles. The summed E-state index contributed by atoms with van der Waals surface area (Å²) in [5.74, 6) is -0.499. The second kappa shape index (κ2) is 10.4. The van der Waals surface area contributed by atoms with Gasteiger partial charge in [-0.1, -0.05) is 23.9 Å². The molecule has 0 saturated carbocycles. The molecule has 2 rings (SSSR count). The Morgan fingerprint density at radius 3 is 2.85 bits per heavy atom. The highest BCUT2D eigenvalue weighted by atomic mass is 32.2. The minimum absolute atomic E-state index is 0.0157. The molecule has 27 heavy (non-hydrogen) atoms. The lowest BCUT2D eigenvalue weighted by Crippen LogP contribution is -2.17. The minimum atomic E-state index is -0.506. The van der Waals surface area contributed by atoms with Crippen LogP contribution in [0, 0.1) is 11.3 Å². The summed E-state index contributed by atoms with van der Waals surface area (Å²) in [6.45, 7) is 0. The maximum absolute atomic E-state index is 12.2. The van der Waals surface area contributed by atoms with Crippen LogP contribution in [-0.4, -0.2) is 40.5 Å². The number of nitrogens with one attached hydrogen (secondary N) is 2. The van der Waals surface area contributed by atoms with Gasteiger partial charge in [-0.2, -0.15) is 5.26 Å². The van der Waals surface area contributed by atoms with E-state index in [9.17, 15) is 14.4 Å². The lowest BCUT2D eigenvalue weighted by molar-refractivity contribution is -0.139. The molecule has 0 unspecified atom stereocenters. The molecule has 140 valence electrons. The van der Waals surface area contributed by atoms with E-state index in [1.807, 2.05) is 18.2 Å². The van der Waals surface area contributed by atoms with E-state index < -0.39 is 11.5 Å². The summed E-state index contributed by atoms with van der Waals surface area (Å²) >= 11 is 2.37. The number of anilines is 1. The molecule has 1 heterocycles. The van der Waals surface area contributed by atoms with Gasteiger partial charge in [0.05, 0.1) is 42.5 Å². The fraction of sp³-hybridized carbons (Fsp3) is 0.235. The second-order valence-corrected chi connectivity index (χ2v) is 7.06. The van der Waals surface area contributed by atoms with Crippen molar-refractivity contribution in [3.63, 3.8) is 0 Å². The van der Waals surface area contributed by atoms with Gasteiger partial charge < -0.3 is 15.0 Å². The summed E-state index contributed by atoms with van der Waals surface area (Å²) in [5, 5.41) is 11.7. The van der Waals surface area contributed by atoms with Gasteiger partial charge in [0.15, 0.2) is 5.16 Å². The van der Waals surface area contributed by atoms with Crippen molar-refractivity contribution in [1.29, 1.82) is 5.26 Å². The molecule has 0 bridgehead atoms. The number of thioether (sulfide) groups is 2. The molecule has 2 N–H and O–H groups in total. The third-order valence-electron chi connectivity index (χ3n) is 3.12. The number of aromatic amines is 1. The highest BCUT2D eigenvalue weighted by Gasteiger charge is 2.11. The number of esters is 1. The Balaban J connectivity index is 1.99. The van der Waals surface area contributed by atoms with Crippen molar-refractivity contribution in [2.75, 3.05) is 23.9 Å². The summed E-state index contributed by atoms with van der Waals surface area (Å²) in [4.78, 5) is 42.7. The predicted molar refractivity (Wildman–Crippen MR) is 103 cm³/mol. The zero-order valence-corrected chi connectivity index (χ0v) is 16.0. The van der Waals surface area contributed by atoms with Crippen LogP contribution in [0.1, 0.15) is 5.69 Å². The maximum atomic E-state index is 12.2. The van der Waals surface area contributed by atoms with Crippen LogP contribution in [0.3, 0.4) is 0 Å². The number of rotatable bonds is 8. The number of methoxy groups -OCH3 is 1. The first-order chi connectivity index (χ1) is 13.0. The smallest absolute Gasteiger partial charge is 0.311 e. The minimum Gasteiger partial charge on any atom is -0.469 e. The van der Waals surface area contributed by atoms with Crippen molar-refractivity contribution in [1.82, 2.24) is 9.97 Å². The molecule has 2 aromatic rings. The van der Waals surface area contributed by atoms with Gasteiger partial charge in [-0.15, -0.1) is 11.8 Å². The number of carbonyl (C=O) groups excluding carboxylic acids is 2. The van der Waals surface area contributed by atoms with Crippen LogP contribution in [0.25, 0.3) is 0 Å². The van der Waals surface area contributed by atoms with Crippen molar-refractivity contribution in [3.05, 3.63) is 46.4 Å². The largest absolute Gasteiger partial charge is 0.469 e. The number of benzene rings is 1. The number of para-hydroxylation sites is 1. The van der Waals surface area contributed by atoms with Gasteiger partial charge in [-0.3, -0.25) is 14.4 Å². The van der Waals surface area contributed by atoms with Crippen molar-refractivity contribution in [3.8, 4) is 6.07 Å². The molecule has 0 aliphatic rings. The van der Waals surface area contributed by atoms with Gasteiger partial charge in [0.25, 0.3) is 5.56 Å². The molecule has 0 aliphatic heterocycles. The number of nitrogens with zero attached hydrogens (tertiary/aromatic N) is 2. The third kappa shape index (κ3) is 6.80. The molecule has 0 fully saturated rings. The van der Waals surface area contributed by atoms with Crippen LogP contribution < -0.4 is 10.9 Å². The molecule has 1 aromatic carbocycles. The molecule has 1 amide bonds. The lowest BCUT2D eigenvalue weighted by atomic mass is 10.3. The topological polar surface area (TPSA) is 125 Å². The van der Waals surface area contributed by atoms with E-state index in [0.29, 0.717) is 5.69 Å². The van der Waals surface area contributed by atoms with E-state index in [-0.39, 0.29) is 34.7 Å². The lowest BCUT2D eigenvalue weighted by Gasteiger charge is -2.09. The molecule has 0 aliphatic carbocycles. The summed E-state index contributed by atoms with van der Waals surface area (Å²) in [5.41, 5.74) is 0.473. The standard InChI is InChI=1S/C17H16N4O4S2/c1-25-16(24)9-11-8-14(22)21-17(19-11)27-10-15(23)20-12-4-2-3-5-13(12)26-7-6-18/h2-5,8H,7,9-10H2,1H3,(H,20,23)(H,19,21,22). The van der Waals surface area contributed by atoms with E-state index in [0.717, 1.165) is 16.7 Å². The fourth-order valence-corrected chi connectivity index (χ4v) is 3.35. The van der Waals surface area contributed by atoms with Crippen LogP contribution in [0.4, 0.5) is 5.69 Å². The quantitative estimate of drug-likeness (QED) is 0.388. The molecule has 10 heteroatoms. The molecule has 0 saturated heterocycles. The van der Waals surface area contributed by atoms with Crippen molar-refractivity contribution < 1.29 is 14.3 Å².